The number of anilines is 1. The normalized spacial score (nSPS) is 15.9. The molecule has 0 spiro atoms. The molecule has 3 aromatic heterocycles. The molecule has 0 aliphatic carbocycles. The lowest BCUT2D eigenvalue weighted by atomic mass is 10.0. The first-order valence-electron chi connectivity index (χ1n) is 12.2. The van der Waals surface area contributed by atoms with E-state index in [4.69, 9.17) is 10.1 Å². The Bertz CT molecular complexity index is 1520. The van der Waals surface area contributed by atoms with Crippen molar-refractivity contribution in [2.24, 2.45) is 0 Å². The first-order chi connectivity index (χ1) is 17.7. The molecule has 1 aromatic carbocycles. The van der Waals surface area contributed by atoms with Crippen LogP contribution in [0.5, 0.6) is 0 Å². The van der Waals surface area contributed by atoms with Crippen molar-refractivity contribution in [3.63, 3.8) is 0 Å². The lowest BCUT2D eigenvalue weighted by molar-refractivity contribution is -0.130. The summed E-state index contributed by atoms with van der Waals surface area (Å²) in [5, 5.41) is 17.4. The zero-order valence-electron chi connectivity index (χ0n) is 20.6. The van der Waals surface area contributed by atoms with Crippen LogP contribution in [0.2, 0.25) is 0 Å². The molecule has 11 heteroatoms. The van der Waals surface area contributed by atoms with Gasteiger partial charge in [0.15, 0.2) is 5.65 Å². The summed E-state index contributed by atoms with van der Waals surface area (Å²) >= 11 is 0. The van der Waals surface area contributed by atoms with Gasteiger partial charge in [0.1, 0.15) is 12.4 Å². The highest BCUT2D eigenvalue weighted by Crippen LogP contribution is 2.31. The largest absolute Gasteiger partial charge is 0.390 e. The highest BCUT2D eigenvalue weighted by molar-refractivity contribution is 5.90. The Morgan fingerprint density at radius 2 is 2.00 bits per heavy atom. The van der Waals surface area contributed by atoms with Crippen molar-refractivity contribution < 1.29 is 18.7 Å². The second kappa shape index (κ2) is 9.55. The van der Waals surface area contributed by atoms with Gasteiger partial charge in [-0.3, -0.25) is 9.59 Å². The summed E-state index contributed by atoms with van der Waals surface area (Å²) in [4.78, 5) is 31.3. The Morgan fingerprint density at radius 1 is 1.24 bits per heavy atom. The Hall–Kier alpha value is -3.86. The summed E-state index contributed by atoms with van der Waals surface area (Å²) in [5.74, 6) is -2.83. The average Bonchev–Trinajstić information content (AvgIpc) is 3.37. The van der Waals surface area contributed by atoms with Gasteiger partial charge < -0.3 is 19.9 Å². The molecule has 37 heavy (non-hydrogen) atoms. The number of fused-ring (bicyclic) bond motifs is 3. The molecule has 0 saturated carbocycles. The number of carbonyl (C=O) groups is 1. The average molecular weight is 511 g/mol. The van der Waals surface area contributed by atoms with Gasteiger partial charge in [-0.15, -0.1) is 0 Å². The van der Waals surface area contributed by atoms with Crippen LogP contribution < -0.4 is 10.9 Å². The van der Waals surface area contributed by atoms with Crippen molar-refractivity contribution in [1.82, 2.24) is 24.1 Å². The van der Waals surface area contributed by atoms with Gasteiger partial charge in [0, 0.05) is 56.0 Å². The van der Waals surface area contributed by atoms with E-state index in [2.05, 4.69) is 10.4 Å². The van der Waals surface area contributed by atoms with Gasteiger partial charge in [-0.25, -0.2) is 9.50 Å². The van der Waals surface area contributed by atoms with E-state index in [9.17, 15) is 18.4 Å². The lowest BCUT2D eigenvalue weighted by Gasteiger charge is -2.32. The number of hydrogen-bond acceptors (Lipinski definition) is 6. The molecule has 0 radical (unpaired) electrons. The summed E-state index contributed by atoms with van der Waals surface area (Å²) < 4.78 is 31.5. The smallest absolute Gasteiger partial charge is 0.295 e. The maximum atomic E-state index is 14.1. The molecule has 1 amide bonds. The molecule has 2 N–H and O–H groups in total. The van der Waals surface area contributed by atoms with Crippen LogP contribution in [-0.2, 0) is 10.7 Å². The molecule has 1 atom stereocenters. The molecular formula is C26H28F2N6O3. The number of aromatic nitrogens is 4. The quantitative estimate of drug-likeness (QED) is 0.412. The summed E-state index contributed by atoms with van der Waals surface area (Å²) in [6, 6.07) is 8.70. The fourth-order valence-corrected chi connectivity index (χ4v) is 4.91. The predicted octanol–water partition coefficient (Wildman–Crippen LogP) is 3.48. The van der Waals surface area contributed by atoms with E-state index < -0.39 is 18.6 Å². The Labute approximate surface area is 211 Å². The highest BCUT2D eigenvalue weighted by Gasteiger charge is 2.31. The van der Waals surface area contributed by atoms with Crippen LogP contribution in [0.4, 0.5) is 14.6 Å². The molecule has 1 saturated heterocycles. The number of hydrogen-bond donors (Lipinski definition) is 2. The Kier molecular flexibility index (Phi) is 6.40. The molecule has 1 aliphatic heterocycles. The fourth-order valence-electron chi connectivity index (χ4n) is 4.91. The number of amides is 1. The van der Waals surface area contributed by atoms with Crippen molar-refractivity contribution >= 4 is 28.3 Å². The van der Waals surface area contributed by atoms with Crippen molar-refractivity contribution in [1.29, 1.82) is 0 Å². The third-order valence-electron chi connectivity index (χ3n) is 7.06. The number of nitrogens with one attached hydrogen (secondary N) is 1. The van der Waals surface area contributed by atoms with E-state index in [-0.39, 0.29) is 23.1 Å². The summed E-state index contributed by atoms with van der Waals surface area (Å²) in [5.41, 5.74) is 1.27. The van der Waals surface area contributed by atoms with Crippen LogP contribution in [0, 0.1) is 0 Å². The summed E-state index contributed by atoms with van der Waals surface area (Å²) in [6.45, 7) is 3.27. The third-order valence-corrected chi connectivity index (χ3v) is 7.06. The molecule has 1 aliphatic rings. The second-order valence-electron chi connectivity index (χ2n) is 9.47. The number of rotatable bonds is 6. The van der Waals surface area contributed by atoms with Crippen molar-refractivity contribution in [3.8, 4) is 0 Å². The number of likely N-dealkylation sites (tertiary alicyclic amines) is 1. The van der Waals surface area contributed by atoms with Crippen LogP contribution >= 0.6 is 0 Å². The van der Waals surface area contributed by atoms with E-state index in [1.807, 2.05) is 6.92 Å². The van der Waals surface area contributed by atoms with E-state index in [0.29, 0.717) is 53.9 Å². The number of alkyl halides is 2. The molecule has 0 bridgehead atoms. The molecule has 194 valence electrons. The van der Waals surface area contributed by atoms with Crippen molar-refractivity contribution in [2.45, 2.75) is 44.7 Å². The van der Waals surface area contributed by atoms with E-state index >= 15 is 0 Å². The standard InChI is InChI=1S/C26H28F2N6O3/c1-16(18-4-3-5-19(12-18)26(27,28)15-35)30-25-21-14-33(20-7-10-32(11-8-20)17(2)36)24(37)13-22(21)34-23(31-25)6-9-29-34/h3-6,9,12-14,16,20,35H,7-8,10-11,15H2,1-2H3,(H,30,31)/t16-/m1/s1. The fraction of sp³-hybridized carbons (Fsp3) is 0.385. The Morgan fingerprint density at radius 3 is 2.70 bits per heavy atom. The number of carbonyl (C=O) groups excluding carboxylic acids is 1. The van der Waals surface area contributed by atoms with Gasteiger partial charge in [0.25, 0.3) is 11.5 Å². The minimum Gasteiger partial charge on any atom is -0.390 e. The topological polar surface area (TPSA) is 105 Å². The van der Waals surface area contributed by atoms with Gasteiger partial charge >= 0.3 is 0 Å². The molecule has 4 heterocycles. The third kappa shape index (κ3) is 4.66. The predicted molar refractivity (Wildman–Crippen MR) is 135 cm³/mol. The number of nitrogens with zero attached hydrogens (tertiary/aromatic N) is 5. The van der Waals surface area contributed by atoms with Crippen molar-refractivity contribution in [3.05, 3.63) is 70.3 Å². The lowest BCUT2D eigenvalue weighted by Crippen LogP contribution is -2.39. The van der Waals surface area contributed by atoms with Crippen LogP contribution in [-0.4, -0.2) is 54.8 Å². The molecule has 5 rings (SSSR count). The van der Waals surface area contributed by atoms with Gasteiger partial charge in [0.05, 0.1) is 17.1 Å². The maximum absolute atomic E-state index is 14.1. The number of aliphatic hydroxyl groups is 1. The summed E-state index contributed by atoms with van der Waals surface area (Å²) in [6.07, 6.45) is 4.69. The zero-order chi connectivity index (χ0) is 26.3. The van der Waals surface area contributed by atoms with Crippen LogP contribution in [0.15, 0.2) is 53.6 Å². The van der Waals surface area contributed by atoms with E-state index in [1.54, 1.807) is 45.4 Å². The van der Waals surface area contributed by atoms with Gasteiger partial charge in [-0.1, -0.05) is 18.2 Å². The van der Waals surface area contributed by atoms with Gasteiger partial charge in [0.2, 0.25) is 5.91 Å². The molecule has 4 aromatic rings. The first-order valence-corrected chi connectivity index (χ1v) is 12.2. The highest BCUT2D eigenvalue weighted by atomic mass is 19.3. The SMILES string of the molecule is CC(=O)N1CCC(n2cc3c(N[C@H](C)c4cccc(C(F)(F)CO)c4)nc4ccnn4c3cc2=O)CC1. The van der Waals surface area contributed by atoms with Gasteiger partial charge in [-0.2, -0.15) is 13.9 Å². The van der Waals surface area contributed by atoms with E-state index in [0.717, 1.165) is 0 Å². The van der Waals surface area contributed by atoms with Crippen LogP contribution in [0.25, 0.3) is 16.6 Å². The maximum Gasteiger partial charge on any atom is 0.295 e. The number of benzene rings is 1. The molecule has 9 nitrogen and oxygen atoms in total. The van der Waals surface area contributed by atoms with E-state index in [1.165, 1.54) is 24.3 Å². The summed E-state index contributed by atoms with van der Waals surface area (Å²) in [7, 11) is 0. The number of halogens is 2. The van der Waals surface area contributed by atoms with Crippen molar-refractivity contribution in [2.75, 3.05) is 25.0 Å². The molecular weight excluding hydrogens is 482 g/mol. The van der Waals surface area contributed by atoms with Gasteiger partial charge in [-0.05, 0) is 31.4 Å². The Balaban J connectivity index is 1.54. The first kappa shape index (κ1) is 24.8. The molecule has 0 unspecified atom stereocenters. The molecule has 1 fully saturated rings. The minimum atomic E-state index is -3.34. The number of pyridine rings is 1. The number of piperidine rings is 1. The van der Waals surface area contributed by atoms with Crippen LogP contribution in [0.1, 0.15) is 49.9 Å². The monoisotopic (exact) mass is 510 g/mol. The van der Waals surface area contributed by atoms with Crippen LogP contribution in [0.3, 0.4) is 0 Å². The minimum absolute atomic E-state index is 0.0240. The number of aliphatic hydroxyl groups excluding tert-OH is 1. The zero-order valence-corrected chi connectivity index (χ0v) is 20.6. The second-order valence-corrected chi connectivity index (χ2v) is 9.47.